The first-order valence-corrected chi connectivity index (χ1v) is 4.17. The van der Waals surface area contributed by atoms with Crippen LogP contribution in [0.1, 0.15) is 41.0 Å². The molecule has 2 N–H and O–H groups in total. The lowest BCUT2D eigenvalue weighted by atomic mass is 9.86. The molecule has 0 saturated carbocycles. The van der Waals surface area contributed by atoms with E-state index in [4.69, 9.17) is 5.73 Å². The van der Waals surface area contributed by atoms with Gasteiger partial charge in [0.05, 0.1) is 11.9 Å². The molecule has 0 aromatic rings. The molecule has 0 rings (SSSR count). The lowest BCUT2D eigenvalue weighted by Gasteiger charge is -2.26. The van der Waals surface area contributed by atoms with Gasteiger partial charge in [-0.2, -0.15) is 0 Å². The summed E-state index contributed by atoms with van der Waals surface area (Å²) >= 11 is 0. The van der Waals surface area contributed by atoms with Gasteiger partial charge in [-0.25, -0.2) is 0 Å². The zero-order valence-electron chi connectivity index (χ0n) is 8.72. The Labute approximate surface area is 93.0 Å². The minimum Gasteiger partial charge on any atom is -0.388 e. The molecule has 0 aromatic carbocycles. The Bertz CT molecular complexity index is 143. The van der Waals surface area contributed by atoms with Gasteiger partial charge in [-0.3, -0.25) is 4.99 Å². The van der Waals surface area contributed by atoms with Gasteiger partial charge in [0, 0.05) is 0 Å². The Kier molecular flexibility index (Phi) is 7.08. The number of amidine groups is 1. The Balaban J connectivity index is 0. The van der Waals surface area contributed by atoms with Crippen LogP contribution in [0.3, 0.4) is 0 Å². The minimum atomic E-state index is 0. The van der Waals surface area contributed by atoms with E-state index in [0.29, 0.717) is 11.9 Å². The SMILES string of the molecule is CCC(N=C(C)N)C(C)(C)C.I. The number of rotatable bonds is 2. The van der Waals surface area contributed by atoms with Gasteiger partial charge in [0.1, 0.15) is 0 Å². The summed E-state index contributed by atoms with van der Waals surface area (Å²) < 4.78 is 0. The van der Waals surface area contributed by atoms with Crippen molar-refractivity contribution in [3.05, 3.63) is 0 Å². The van der Waals surface area contributed by atoms with Gasteiger partial charge in [0.2, 0.25) is 0 Å². The van der Waals surface area contributed by atoms with Gasteiger partial charge in [-0.1, -0.05) is 27.7 Å². The van der Waals surface area contributed by atoms with Crippen molar-refractivity contribution < 1.29 is 0 Å². The minimum absolute atomic E-state index is 0. The van der Waals surface area contributed by atoms with Crippen molar-refractivity contribution in [3.8, 4) is 0 Å². The second kappa shape index (κ2) is 5.78. The van der Waals surface area contributed by atoms with E-state index in [1.54, 1.807) is 0 Å². The van der Waals surface area contributed by atoms with E-state index in [9.17, 15) is 0 Å². The molecular formula is C9H21IN2. The average molecular weight is 284 g/mol. The Morgan fingerprint density at radius 3 is 1.92 bits per heavy atom. The lowest BCUT2D eigenvalue weighted by Crippen LogP contribution is -2.26. The van der Waals surface area contributed by atoms with Crippen molar-refractivity contribution in [3.63, 3.8) is 0 Å². The third kappa shape index (κ3) is 5.80. The molecule has 1 unspecified atom stereocenters. The van der Waals surface area contributed by atoms with Crippen molar-refractivity contribution in [2.24, 2.45) is 16.1 Å². The van der Waals surface area contributed by atoms with E-state index in [-0.39, 0.29) is 29.4 Å². The molecule has 0 aliphatic rings. The number of aliphatic imine (C=N–C) groups is 1. The molecule has 1 atom stereocenters. The van der Waals surface area contributed by atoms with Gasteiger partial charge in [-0.15, -0.1) is 24.0 Å². The van der Waals surface area contributed by atoms with Gasteiger partial charge >= 0.3 is 0 Å². The molecule has 0 saturated heterocycles. The Hall–Kier alpha value is 0.200. The van der Waals surface area contributed by atoms with Crippen LogP contribution in [0.15, 0.2) is 4.99 Å². The number of halogens is 1. The summed E-state index contributed by atoms with van der Waals surface area (Å²) in [4.78, 5) is 4.36. The third-order valence-electron chi connectivity index (χ3n) is 1.75. The van der Waals surface area contributed by atoms with Gasteiger partial charge < -0.3 is 5.73 Å². The molecule has 0 heterocycles. The molecule has 12 heavy (non-hydrogen) atoms. The highest BCUT2D eigenvalue weighted by atomic mass is 127. The van der Waals surface area contributed by atoms with Crippen LogP contribution < -0.4 is 5.73 Å². The Morgan fingerprint density at radius 2 is 1.83 bits per heavy atom. The quantitative estimate of drug-likeness (QED) is 0.472. The second-order valence-electron chi connectivity index (χ2n) is 4.06. The molecule has 74 valence electrons. The van der Waals surface area contributed by atoms with E-state index in [2.05, 4.69) is 32.7 Å². The monoisotopic (exact) mass is 284 g/mol. The summed E-state index contributed by atoms with van der Waals surface area (Å²) in [6, 6.07) is 0.354. The van der Waals surface area contributed by atoms with E-state index in [1.807, 2.05) is 6.92 Å². The largest absolute Gasteiger partial charge is 0.388 e. The molecule has 0 aromatic heterocycles. The van der Waals surface area contributed by atoms with Crippen molar-refractivity contribution in [2.75, 3.05) is 0 Å². The highest BCUT2D eigenvalue weighted by molar-refractivity contribution is 14.0. The van der Waals surface area contributed by atoms with Gasteiger partial charge in [0.15, 0.2) is 0 Å². The van der Waals surface area contributed by atoms with Crippen LogP contribution in [-0.4, -0.2) is 11.9 Å². The molecule has 0 spiro atoms. The first kappa shape index (κ1) is 14.7. The molecular weight excluding hydrogens is 263 g/mol. The van der Waals surface area contributed by atoms with Crippen molar-refractivity contribution in [1.29, 1.82) is 0 Å². The number of hydrogen-bond donors (Lipinski definition) is 1. The van der Waals surface area contributed by atoms with Crippen LogP contribution in [-0.2, 0) is 0 Å². The topological polar surface area (TPSA) is 38.4 Å². The predicted molar refractivity (Wildman–Crippen MR) is 66.2 cm³/mol. The van der Waals surface area contributed by atoms with Crippen molar-refractivity contribution in [2.45, 2.75) is 47.1 Å². The standard InChI is InChI=1S/C9H20N2.HI/c1-6-8(9(3,4)5)11-7(2)10;/h8H,6H2,1-5H3,(H2,10,11);1H. The summed E-state index contributed by atoms with van der Waals surface area (Å²) in [7, 11) is 0. The van der Waals surface area contributed by atoms with Crippen LogP contribution in [0, 0.1) is 5.41 Å². The van der Waals surface area contributed by atoms with Crippen LogP contribution >= 0.6 is 24.0 Å². The van der Waals surface area contributed by atoms with E-state index in [1.165, 1.54) is 0 Å². The molecule has 0 amide bonds. The summed E-state index contributed by atoms with van der Waals surface area (Å²) in [5.41, 5.74) is 5.75. The lowest BCUT2D eigenvalue weighted by molar-refractivity contribution is 0.315. The van der Waals surface area contributed by atoms with Crippen molar-refractivity contribution in [1.82, 2.24) is 0 Å². The summed E-state index contributed by atoms with van der Waals surface area (Å²) in [5, 5.41) is 0. The summed E-state index contributed by atoms with van der Waals surface area (Å²) in [6.07, 6.45) is 1.05. The highest BCUT2D eigenvalue weighted by Gasteiger charge is 2.21. The maximum Gasteiger partial charge on any atom is 0.0909 e. The molecule has 0 aliphatic carbocycles. The third-order valence-corrected chi connectivity index (χ3v) is 1.75. The van der Waals surface area contributed by atoms with Crippen LogP contribution in [0.25, 0.3) is 0 Å². The Morgan fingerprint density at radius 1 is 1.42 bits per heavy atom. The molecule has 2 nitrogen and oxygen atoms in total. The van der Waals surface area contributed by atoms with E-state index >= 15 is 0 Å². The normalized spacial score (nSPS) is 15.2. The van der Waals surface area contributed by atoms with Crippen LogP contribution in [0.5, 0.6) is 0 Å². The maximum absolute atomic E-state index is 5.52. The highest BCUT2D eigenvalue weighted by Crippen LogP contribution is 2.24. The van der Waals surface area contributed by atoms with Crippen LogP contribution in [0.2, 0.25) is 0 Å². The smallest absolute Gasteiger partial charge is 0.0909 e. The molecule has 0 fully saturated rings. The molecule has 0 bridgehead atoms. The fraction of sp³-hybridized carbons (Fsp3) is 0.889. The first-order chi connectivity index (χ1) is 4.88. The zero-order chi connectivity index (χ0) is 9.07. The number of nitrogens with two attached hydrogens (primary N) is 1. The van der Waals surface area contributed by atoms with Crippen molar-refractivity contribution >= 4 is 29.8 Å². The average Bonchev–Trinajstić information content (AvgIpc) is 1.79. The first-order valence-electron chi connectivity index (χ1n) is 4.17. The molecule has 0 radical (unpaired) electrons. The van der Waals surface area contributed by atoms with Crippen LogP contribution in [0.4, 0.5) is 0 Å². The van der Waals surface area contributed by atoms with E-state index < -0.39 is 0 Å². The molecule has 3 heteroatoms. The predicted octanol–water partition coefficient (Wildman–Crippen LogP) is 2.81. The number of hydrogen-bond acceptors (Lipinski definition) is 1. The fourth-order valence-electron chi connectivity index (χ4n) is 1.14. The second-order valence-corrected chi connectivity index (χ2v) is 4.06. The zero-order valence-corrected chi connectivity index (χ0v) is 11.0. The van der Waals surface area contributed by atoms with E-state index in [0.717, 1.165) is 6.42 Å². The summed E-state index contributed by atoms with van der Waals surface area (Å²) in [6.45, 7) is 10.5. The van der Waals surface area contributed by atoms with Gasteiger partial charge in [0.25, 0.3) is 0 Å². The summed E-state index contributed by atoms with van der Waals surface area (Å²) in [5.74, 6) is 0.687. The molecule has 0 aliphatic heterocycles. The van der Waals surface area contributed by atoms with Gasteiger partial charge in [-0.05, 0) is 18.8 Å². The fourth-order valence-corrected chi connectivity index (χ4v) is 1.14. The number of nitrogens with zero attached hydrogens (tertiary/aromatic N) is 1. The maximum atomic E-state index is 5.52.